The van der Waals surface area contributed by atoms with Crippen LogP contribution in [-0.4, -0.2) is 19.6 Å². The van der Waals surface area contributed by atoms with Gasteiger partial charge in [0.1, 0.15) is 11.5 Å². The van der Waals surface area contributed by atoms with Crippen LogP contribution in [0.2, 0.25) is 5.02 Å². The summed E-state index contributed by atoms with van der Waals surface area (Å²) in [7, 11) is 1.61. The zero-order chi connectivity index (χ0) is 16.7. The summed E-state index contributed by atoms with van der Waals surface area (Å²) < 4.78 is 10.7. The van der Waals surface area contributed by atoms with Crippen LogP contribution in [0, 0.1) is 6.92 Å². The van der Waals surface area contributed by atoms with Crippen LogP contribution in [0.4, 0.5) is 5.69 Å². The minimum Gasteiger partial charge on any atom is -0.497 e. The molecule has 0 radical (unpaired) electrons. The smallest absolute Gasteiger partial charge is 0.224 e. The predicted molar refractivity (Wildman–Crippen MR) is 92.5 cm³/mol. The van der Waals surface area contributed by atoms with Crippen molar-refractivity contribution in [3.8, 4) is 11.5 Å². The summed E-state index contributed by atoms with van der Waals surface area (Å²) in [5.74, 6) is 1.52. The molecule has 122 valence electrons. The van der Waals surface area contributed by atoms with E-state index in [0.29, 0.717) is 24.5 Å². The molecule has 0 aromatic heterocycles. The van der Waals surface area contributed by atoms with Crippen LogP contribution in [-0.2, 0) is 4.79 Å². The van der Waals surface area contributed by atoms with E-state index in [0.717, 1.165) is 22.7 Å². The van der Waals surface area contributed by atoms with Crippen molar-refractivity contribution in [1.82, 2.24) is 0 Å². The quantitative estimate of drug-likeness (QED) is 0.761. The van der Waals surface area contributed by atoms with Crippen LogP contribution in [0.1, 0.15) is 18.4 Å². The van der Waals surface area contributed by atoms with Gasteiger partial charge in [0.15, 0.2) is 0 Å². The number of nitrogens with one attached hydrogen (secondary N) is 1. The number of ether oxygens (including phenoxy) is 2. The number of halogens is 1. The maximum absolute atomic E-state index is 11.9. The van der Waals surface area contributed by atoms with Gasteiger partial charge in [-0.25, -0.2) is 0 Å². The van der Waals surface area contributed by atoms with Crippen molar-refractivity contribution < 1.29 is 14.3 Å². The molecule has 2 rings (SSSR count). The lowest BCUT2D eigenvalue weighted by Crippen LogP contribution is -2.12. The number of carbonyl (C=O) groups excluding carboxylic acids is 1. The van der Waals surface area contributed by atoms with Gasteiger partial charge >= 0.3 is 0 Å². The molecule has 2 aromatic rings. The fraction of sp³-hybridized carbons (Fsp3) is 0.278. The van der Waals surface area contributed by atoms with E-state index in [1.54, 1.807) is 13.2 Å². The largest absolute Gasteiger partial charge is 0.497 e. The second-order valence-corrected chi connectivity index (χ2v) is 5.57. The molecule has 0 aliphatic carbocycles. The molecule has 0 atom stereocenters. The summed E-state index contributed by atoms with van der Waals surface area (Å²) >= 11 is 5.90. The van der Waals surface area contributed by atoms with Crippen LogP contribution in [0.3, 0.4) is 0 Å². The highest BCUT2D eigenvalue weighted by Gasteiger charge is 2.04. The Balaban J connectivity index is 1.72. The van der Waals surface area contributed by atoms with Gasteiger partial charge in [0.05, 0.1) is 13.7 Å². The number of carbonyl (C=O) groups is 1. The first-order chi connectivity index (χ1) is 11.1. The zero-order valence-electron chi connectivity index (χ0n) is 13.3. The van der Waals surface area contributed by atoms with E-state index in [1.165, 1.54) is 0 Å². The van der Waals surface area contributed by atoms with Gasteiger partial charge in [-0.15, -0.1) is 0 Å². The van der Waals surface area contributed by atoms with Crippen molar-refractivity contribution in [2.45, 2.75) is 19.8 Å². The minimum atomic E-state index is -0.0356. The van der Waals surface area contributed by atoms with E-state index in [9.17, 15) is 4.79 Å². The molecule has 23 heavy (non-hydrogen) atoms. The Kier molecular flexibility index (Phi) is 6.29. The Hall–Kier alpha value is -2.20. The van der Waals surface area contributed by atoms with Crippen molar-refractivity contribution in [3.05, 3.63) is 53.1 Å². The molecule has 4 nitrogen and oxygen atoms in total. The maximum Gasteiger partial charge on any atom is 0.224 e. The third-order valence-corrected chi connectivity index (χ3v) is 3.55. The molecule has 0 saturated heterocycles. The Labute approximate surface area is 141 Å². The molecule has 0 aliphatic heterocycles. The van der Waals surface area contributed by atoms with E-state index in [-0.39, 0.29) is 5.91 Å². The van der Waals surface area contributed by atoms with Crippen LogP contribution >= 0.6 is 11.6 Å². The van der Waals surface area contributed by atoms with Gasteiger partial charge < -0.3 is 14.8 Å². The number of anilines is 1. The van der Waals surface area contributed by atoms with Crippen LogP contribution in [0.25, 0.3) is 0 Å². The topological polar surface area (TPSA) is 47.6 Å². The predicted octanol–water partition coefficient (Wildman–Crippen LogP) is 4.45. The molecular weight excluding hydrogens is 314 g/mol. The highest BCUT2D eigenvalue weighted by Crippen LogP contribution is 2.22. The number of hydrogen-bond acceptors (Lipinski definition) is 3. The average Bonchev–Trinajstić information content (AvgIpc) is 2.54. The molecule has 2 aromatic carbocycles. The second-order valence-electron chi connectivity index (χ2n) is 5.14. The van der Waals surface area contributed by atoms with Crippen molar-refractivity contribution in [3.63, 3.8) is 0 Å². The van der Waals surface area contributed by atoms with Gasteiger partial charge in [-0.1, -0.05) is 11.6 Å². The van der Waals surface area contributed by atoms with Gasteiger partial charge in [-0.05, 0) is 61.4 Å². The van der Waals surface area contributed by atoms with Crippen LogP contribution in [0.5, 0.6) is 11.5 Å². The minimum absolute atomic E-state index is 0.0356. The highest BCUT2D eigenvalue weighted by molar-refractivity contribution is 6.30. The van der Waals surface area contributed by atoms with Crippen LogP contribution < -0.4 is 14.8 Å². The highest BCUT2D eigenvalue weighted by atomic mass is 35.5. The zero-order valence-corrected chi connectivity index (χ0v) is 14.0. The van der Waals surface area contributed by atoms with Gasteiger partial charge in [-0.3, -0.25) is 4.79 Å². The molecule has 0 saturated carbocycles. The summed E-state index contributed by atoms with van der Waals surface area (Å²) in [6.45, 7) is 2.43. The molecule has 0 unspecified atom stereocenters. The number of methoxy groups -OCH3 is 1. The maximum atomic E-state index is 11.9. The molecule has 0 spiro atoms. The van der Waals surface area contributed by atoms with Crippen molar-refractivity contribution in [2.75, 3.05) is 19.0 Å². The standard InChI is InChI=1S/C18H20ClNO3/c1-13-12-14(19)5-10-17(13)23-11-3-4-18(21)20-15-6-8-16(22-2)9-7-15/h5-10,12H,3-4,11H2,1-2H3,(H,20,21). The van der Waals surface area contributed by atoms with Gasteiger partial charge in [0.25, 0.3) is 0 Å². The summed E-state index contributed by atoms with van der Waals surface area (Å²) in [4.78, 5) is 11.9. The molecule has 0 heterocycles. The van der Waals surface area contributed by atoms with Gasteiger partial charge in [0.2, 0.25) is 5.91 Å². The number of amides is 1. The molecule has 0 aliphatic rings. The molecular formula is C18H20ClNO3. The fourth-order valence-corrected chi connectivity index (χ4v) is 2.31. The molecule has 0 bridgehead atoms. The van der Waals surface area contributed by atoms with E-state index in [1.807, 2.05) is 43.3 Å². The average molecular weight is 334 g/mol. The third-order valence-electron chi connectivity index (χ3n) is 3.32. The number of rotatable bonds is 7. The number of benzene rings is 2. The second kappa shape index (κ2) is 8.44. The lowest BCUT2D eigenvalue weighted by molar-refractivity contribution is -0.116. The molecule has 0 fully saturated rings. The Bertz CT molecular complexity index is 656. The van der Waals surface area contributed by atoms with Crippen molar-refractivity contribution >= 4 is 23.2 Å². The van der Waals surface area contributed by atoms with Crippen molar-refractivity contribution in [2.24, 2.45) is 0 Å². The normalized spacial score (nSPS) is 10.2. The van der Waals surface area contributed by atoms with Gasteiger partial charge in [-0.2, -0.15) is 0 Å². The van der Waals surface area contributed by atoms with E-state index in [4.69, 9.17) is 21.1 Å². The summed E-state index contributed by atoms with van der Waals surface area (Å²) in [6.07, 6.45) is 1.04. The summed E-state index contributed by atoms with van der Waals surface area (Å²) in [6, 6.07) is 12.7. The van der Waals surface area contributed by atoms with E-state index in [2.05, 4.69) is 5.32 Å². The van der Waals surface area contributed by atoms with Crippen molar-refractivity contribution in [1.29, 1.82) is 0 Å². The summed E-state index contributed by atoms with van der Waals surface area (Å²) in [5.41, 5.74) is 1.74. The Morgan fingerprint density at radius 2 is 1.91 bits per heavy atom. The summed E-state index contributed by atoms with van der Waals surface area (Å²) in [5, 5.41) is 3.53. The Morgan fingerprint density at radius 3 is 2.57 bits per heavy atom. The first kappa shape index (κ1) is 17.2. The molecule has 5 heteroatoms. The lowest BCUT2D eigenvalue weighted by Gasteiger charge is -2.09. The third kappa shape index (κ3) is 5.49. The van der Waals surface area contributed by atoms with Crippen LogP contribution in [0.15, 0.2) is 42.5 Å². The van der Waals surface area contributed by atoms with E-state index >= 15 is 0 Å². The van der Waals surface area contributed by atoms with Gasteiger partial charge in [0, 0.05) is 17.1 Å². The van der Waals surface area contributed by atoms with E-state index < -0.39 is 0 Å². The number of hydrogen-bond donors (Lipinski definition) is 1. The number of aryl methyl sites for hydroxylation is 1. The monoisotopic (exact) mass is 333 g/mol. The lowest BCUT2D eigenvalue weighted by atomic mass is 10.2. The molecule has 1 N–H and O–H groups in total. The molecule has 1 amide bonds. The first-order valence-electron chi connectivity index (χ1n) is 7.41. The SMILES string of the molecule is COc1ccc(NC(=O)CCCOc2ccc(Cl)cc2C)cc1. The fourth-order valence-electron chi connectivity index (χ4n) is 2.09. The first-order valence-corrected chi connectivity index (χ1v) is 7.79. The Morgan fingerprint density at radius 1 is 1.17 bits per heavy atom.